The Hall–Kier alpha value is -2.01. The summed E-state index contributed by atoms with van der Waals surface area (Å²) in [6.07, 6.45) is 0. The van der Waals surface area contributed by atoms with Gasteiger partial charge in [0, 0.05) is 17.3 Å². The van der Waals surface area contributed by atoms with Crippen molar-refractivity contribution in [1.82, 2.24) is 0 Å². The van der Waals surface area contributed by atoms with Gasteiger partial charge in [0.25, 0.3) is 0 Å². The number of aryl methyl sites for hydroxylation is 1. The minimum Gasteiger partial charge on any atom is -0.389 e. The van der Waals surface area contributed by atoms with Crippen LogP contribution in [0.15, 0.2) is 36.4 Å². The second-order valence-corrected chi connectivity index (χ2v) is 4.56. The fourth-order valence-corrected chi connectivity index (χ4v) is 1.87. The molecule has 19 heavy (non-hydrogen) atoms. The molecule has 0 bridgehead atoms. The molecule has 5 heteroatoms. The van der Waals surface area contributed by atoms with Gasteiger partial charge in [0.15, 0.2) is 0 Å². The van der Waals surface area contributed by atoms with E-state index in [2.05, 4.69) is 5.32 Å². The zero-order chi connectivity index (χ0) is 14.0. The van der Waals surface area contributed by atoms with Gasteiger partial charge in [-0.1, -0.05) is 24.4 Å². The second kappa shape index (κ2) is 5.32. The normalized spacial score (nSPS) is 10.3. The predicted molar refractivity (Wildman–Crippen MR) is 76.7 cm³/mol. The summed E-state index contributed by atoms with van der Waals surface area (Å²) in [6, 6.07) is 9.19. The molecule has 0 amide bonds. The largest absolute Gasteiger partial charge is 0.389 e. The lowest BCUT2D eigenvalue weighted by Crippen LogP contribution is -2.12. The molecule has 2 nitrogen and oxygen atoms in total. The van der Waals surface area contributed by atoms with Crippen LogP contribution in [0.2, 0.25) is 0 Å². The van der Waals surface area contributed by atoms with Gasteiger partial charge >= 0.3 is 0 Å². The van der Waals surface area contributed by atoms with Crippen molar-refractivity contribution in [3.8, 4) is 0 Å². The summed E-state index contributed by atoms with van der Waals surface area (Å²) >= 11 is 4.92. The zero-order valence-corrected chi connectivity index (χ0v) is 11.0. The lowest BCUT2D eigenvalue weighted by molar-refractivity contribution is 0.595. The highest BCUT2D eigenvalue weighted by molar-refractivity contribution is 7.80. The molecule has 2 aromatic carbocycles. The first-order valence-electron chi connectivity index (χ1n) is 5.60. The van der Waals surface area contributed by atoms with Crippen molar-refractivity contribution in [2.75, 3.05) is 5.32 Å². The Morgan fingerprint density at radius 3 is 2.47 bits per heavy atom. The molecular weight excluding hydrogens is 266 g/mol. The van der Waals surface area contributed by atoms with E-state index in [0.29, 0.717) is 11.3 Å². The van der Waals surface area contributed by atoms with E-state index in [4.69, 9.17) is 18.0 Å². The van der Waals surface area contributed by atoms with Crippen molar-refractivity contribution < 1.29 is 8.78 Å². The minimum atomic E-state index is -0.531. The summed E-state index contributed by atoms with van der Waals surface area (Å²) in [5.74, 6) is -1.01. The third-order valence-corrected chi connectivity index (χ3v) is 2.93. The van der Waals surface area contributed by atoms with Gasteiger partial charge in [-0.15, -0.1) is 0 Å². The molecule has 0 saturated heterocycles. The quantitative estimate of drug-likeness (QED) is 0.842. The summed E-state index contributed by atoms with van der Waals surface area (Å²) in [5, 5.41) is 2.81. The first-order valence-corrected chi connectivity index (χ1v) is 6.01. The molecule has 0 aliphatic rings. The standard InChI is InChI=1S/C14H12F2N2S/c1-8-6-11(16)13(7-10(8)15)18-12-5-3-2-4-9(12)14(17)19/h2-7,18H,1H3,(H2,17,19). The van der Waals surface area contributed by atoms with Crippen LogP contribution in [0.1, 0.15) is 11.1 Å². The van der Waals surface area contributed by atoms with Crippen molar-refractivity contribution in [2.45, 2.75) is 6.92 Å². The van der Waals surface area contributed by atoms with Gasteiger partial charge in [-0.25, -0.2) is 8.78 Å². The predicted octanol–water partition coefficient (Wildman–Crippen LogP) is 3.65. The van der Waals surface area contributed by atoms with Gasteiger partial charge in [-0.2, -0.15) is 0 Å². The highest BCUT2D eigenvalue weighted by atomic mass is 32.1. The van der Waals surface area contributed by atoms with Crippen molar-refractivity contribution in [1.29, 1.82) is 0 Å². The number of rotatable bonds is 3. The van der Waals surface area contributed by atoms with Crippen LogP contribution in [0.3, 0.4) is 0 Å². The molecule has 0 radical (unpaired) electrons. The van der Waals surface area contributed by atoms with E-state index in [1.165, 1.54) is 6.92 Å². The number of halogens is 2. The molecule has 2 aromatic rings. The van der Waals surface area contributed by atoms with Gasteiger partial charge in [0.1, 0.15) is 16.6 Å². The molecule has 0 fully saturated rings. The number of nitrogens with two attached hydrogens (primary N) is 1. The third-order valence-electron chi connectivity index (χ3n) is 2.71. The summed E-state index contributed by atoms with van der Waals surface area (Å²) < 4.78 is 27.2. The van der Waals surface area contributed by atoms with E-state index in [1.807, 2.05) is 0 Å². The molecule has 0 aliphatic heterocycles. The topological polar surface area (TPSA) is 38.0 Å². The average molecular weight is 278 g/mol. The molecule has 0 aromatic heterocycles. The number of hydrogen-bond acceptors (Lipinski definition) is 2. The molecular formula is C14H12F2N2S. The molecule has 2 rings (SSSR count). The summed E-state index contributed by atoms with van der Waals surface area (Å²) in [7, 11) is 0. The van der Waals surface area contributed by atoms with Gasteiger partial charge in [0.2, 0.25) is 0 Å². The number of nitrogens with one attached hydrogen (secondary N) is 1. The Balaban J connectivity index is 2.42. The molecule has 98 valence electrons. The van der Waals surface area contributed by atoms with Crippen molar-refractivity contribution in [3.63, 3.8) is 0 Å². The highest BCUT2D eigenvalue weighted by Gasteiger charge is 2.10. The van der Waals surface area contributed by atoms with Crippen molar-refractivity contribution in [3.05, 3.63) is 59.2 Å². The Morgan fingerprint density at radius 1 is 1.11 bits per heavy atom. The molecule has 3 N–H and O–H groups in total. The average Bonchev–Trinajstić information content (AvgIpc) is 2.36. The lowest BCUT2D eigenvalue weighted by atomic mass is 10.1. The van der Waals surface area contributed by atoms with E-state index < -0.39 is 11.6 Å². The highest BCUT2D eigenvalue weighted by Crippen LogP contribution is 2.25. The molecule has 0 heterocycles. The van der Waals surface area contributed by atoms with Crippen LogP contribution in [0, 0.1) is 18.6 Å². The Labute approximate surface area is 115 Å². The van der Waals surface area contributed by atoms with E-state index in [0.717, 1.165) is 12.1 Å². The van der Waals surface area contributed by atoms with Crippen molar-refractivity contribution in [2.24, 2.45) is 5.73 Å². The summed E-state index contributed by atoms with van der Waals surface area (Å²) in [5.41, 5.74) is 7.01. The zero-order valence-electron chi connectivity index (χ0n) is 10.2. The van der Waals surface area contributed by atoms with Gasteiger partial charge in [-0.3, -0.25) is 0 Å². The third kappa shape index (κ3) is 2.88. The molecule has 0 aliphatic carbocycles. The lowest BCUT2D eigenvalue weighted by Gasteiger charge is -2.12. The van der Waals surface area contributed by atoms with Crippen LogP contribution < -0.4 is 11.1 Å². The monoisotopic (exact) mass is 278 g/mol. The number of benzene rings is 2. The van der Waals surface area contributed by atoms with Crippen LogP contribution in [-0.4, -0.2) is 4.99 Å². The second-order valence-electron chi connectivity index (χ2n) is 4.12. The fourth-order valence-electron chi connectivity index (χ4n) is 1.69. The summed E-state index contributed by atoms with van der Waals surface area (Å²) in [6.45, 7) is 1.51. The molecule has 0 atom stereocenters. The smallest absolute Gasteiger partial charge is 0.147 e. The SMILES string of the molecule is Cc1cc(F)c(Nc2ccccc2C(N)=S)cc1F. The number of hydrogen-bond donors (Lipinski definition) is 2. The number of anilines is 2. The maximum atomic E-state index is 13.8. The van der Waals surface area contributed by atoms with Crippen LogP contribution in [0.4, 0.5) is 20.2 Å². The van der Waals surface area contributed by atoms with E-state index in [1.54, 1.807) is 24.3 Å². The van der Waals surface area contributed by atoms with Gasteiger partial charge in [0.05, 0.1) is 5.69 Å². The van der Waals surface area contributed by atoms with Crippen LogP contribution in [0.5, 0.6) is 0 Å². The molecule has 0 saturated carbocycles. The van der Waals surface area contributed by atoms with Gasteiger partial charge in [-0.05, 0) is 30.7 Å². The maximum Gasteiger partial charge on any atom is 0.147 e. The fraction of sp³-hybridized carbons (Fsp3) is 0.0714. The molecule has 0 spiro atoms. The number of para-hydroxylation sites is 1. The van der Waals surface area contributed by atoms with Gasteiger partial charge < -0.3 is 11.1 Å². The first-order chi connectivity index (χ1) is 8.99. The first kappa shape index (κ1) is 13.4. The Bertz CT molecular complexity index is 641. The van der Waals surface area contributed by atoms with E-state index in [9.17, 15) is 8.78 Å². The minimum absolute atomic E-state index is 0.0480. The van der Waals surface area contributed by atoms with E-state index >= 15 is 0 Å². The maximum absolute atomic E-state index is 13.8. The Kier molecular flexibility index (Phi) is 3.76. The van der Waals surface area contributed by atoms with Crippen molar-refractivity contribution >= 4 is 28.6 Å². The van der Waals surface area contributed by atoms with Crippen LogP contribution >= 0.6 is 12.2 Å². The Morgan fingerprint density at radius 2 is 1.79 bits per heavy atom. The van der Waals surface area contributed by atoms with E-state index in [-0.39, 0.29) is 16.2 Å². The molecule has 0 unspecified atom stereocenters. The van der Waals surface area contributed by atoms with Crippen LogP contribution in [0.25, 0.3) is 0 Å². The summed E-state index contributed by atoms with van der Waals surface area (Å²) in [4.78, 5) is 0.191. The number of thiocarbonyl (C=S) groups is 1. The van der Waals surface area contributed by atoms with Crippen LogP contribution in [-0.2, 0) is 0 Å².